The first kappa shape index (κ1) is 20.2. The summed E-state index contributed by atoms with van der Waals surface area (Å²) in [4.78, 5) is 10.4. The lowest BCUT2D eigenvalue weighted by Crippen LogP contribution is -1.97. The van der Waals surface area contributed by atoms with Gasteiger partial charge in [0, 0.05) is 17.7 Å². The number of non-ortho nitro benzene ring substituents is 1. The van der Waals surface area contributed by atoms with Crippen LogP contribution in [0.2, 0.25) is 0 Å². The topological polar surface area (TPSA) is 76.2 Å². The van der Waals surface area contributed by atoms with Crippen molar-refractivity contribution in [3.05, 3.63) is 104 Å². The Bertz CT molecular complexity index is 1140. The maximum absolute atomic E-state index is 13.9. The minimum absolute atomic E-state index is 0.00262. The molecule has 5 nitrogen and oxygen atoms in total. The Hall–Kier alpha value is -3.50. The Balaban J connectivity index is 1.78. The van der Waals surface area contributed by atoms with Gasteiger partial charge >= 0.3 is 0 Å². The third-order valence-electron chi connectivity index (χ3n) is 4.07. The van der Waals surface area contributed by atoms with Crippen LogP contribution < -0.4 is 4.74 Å². The van der Waals surface area contributed by atoms with Gasteiger partial charge in [-0.25, -0.2) is 4.39 Å². The first-order chi connectivity index (χ1) is 14.0. The van der Waals surface area contributed by atoms with Gasteiger partial charge in [0.2, 0.25) is 0 Å². The van der Waals surface area contributed by atoms with Crippen molar-refractivity contribution in [2.24, 2.45) is 0 Å². The lowest BCUT2D eigenvalue weighted by Gasteiger charge is -2.09. The standard InChI is InChI=1S/C22H14BrFN2O3/c23-20-12-15(10-17(13-25)19-6-1-2-7-21(19)24)8-9-22(20)29-14-16-4-3-5-18(11-16)26(27)28/h1-12H,14H2. The molecule has 3 aromatic rings. The zero-order valence-corrected chi connectivity index (χ0v) is 16.6. The molecule has 0 heterocycles. The largest absolute Gasteiger partial charge is 0.488 e. The second-order valence-electron chi connectivity index (χ2n) is 6.06. The second-order valence-corrected chi connectivity index (χ2v) is 6.91. The summed E-state index contributed by atoms with van der Waals surface area (Å²) in [7, 11) is 0. The van der Waals surface area contributed by atoms with E-state index in [0.29, 0.717) is 21.3 Å². The number of nitrogens with zero attached hydrogens (tertiary/aromatic N) is 2. The fraction of sp³-hybridized carbons (Fsp3) is 0.0455. The van der Waals surface area contributed by atoms with E-state index in [0.717, 1.165) is 0 Å². The number of rotatable bonds is 6. The second kappa shape index (κ2) is 9.13. The smallest absolute Gasteiger partial charge is 0.269 e. The van der Waals surface area contributed by atoms with Crippen LogP contribution in [0.25, 0.3) is 11.6 Å². The molecule has 0 bridgehead atoms. The molecule has 7 heteroatoms. The first-order valence-corrected chi connectivity index (χ1v) is 9.29. The van der Waals surface area contributed by atoms with Crippen molar-refractivity contribution in [2.75, 3.05) is 0 Å². The number of nitriles is 1. The van der Waals surface area contributed by atoms with Gasteiger partial charge in [-0.05, 0) is 51.3 Å². The summed E-state index contributed by atoms with van der Waals surface area (Å²) in [5.41, 5.74) is 1.81. The Morgan fingerprint density at radius 3 is 2.66 bits per heavy atom. The molecular formula is C22H14BrFN2O3. The van der Waals surface area contributed by atoms with E-state index in [1.54, 1.807) is 54.6 Å². The van der Waals surface area contributed by atoms with Crippen LogP contribution in [0.3, 0.4) is 0 Å². The van der Waals surface area contributed by atoms with E-state index in [2.05, 4.69) is 15.9 Å². The Morgan fingerprint density at radius 1 is 1.17 bits per heavy atom. The van der Waals surface area contributed by atoms with Crippen LogP contribution in [-0.2, 0) is 6.61 Å². The number of benzene rings is 3. The van der Waals surface area contributed by atoms with E-state index in [9.17, 15) is 19.8 Å². The van der Waals surface area contributed by atoms with Crippen molar-refractivity contribution in [2.45, 2.75) is 6.61 Å². The molecule has 144 valence electrons. The predicted octanol–water partition coefficient (Wildman–Crippen LogP) is 6.14. The molecule has 0 amide bonds. The molecule has 0 unspecified atom stereocenters. The quantitative estimate of drug-likeness (QED) is 0.195. The summed E-state index contributed by atoms with van der Waals surface area (Å²) in [5, 5.41) is 20.3. The maximum Gasteiger partial charge on any atom is 0.269 e. The summed E-state index contributed by atoms with van der Waals surface area (Å²) in [6.45, 7) is 0.161. The summed E-state index contributed by atoms with van der Waals surface area (Å²) in [6, 6.07) is 19.5. The molecule has 0 spiro atoms. The normalized spacial score (nSPS) is 11.0. The average molecular weight is 453 g/mol. The molecule has 0 atom stereocenters. The fourth-order valence-corrected chi connectivity index (χ4v) is 3.17. The molecule has 0 aromatic heterocycles. The molecule has 0 aliphatic rings. The van der Waals surface area contributed by atoms with E-state index < -0.39 is 10.7 Å². The molecule has 0 fully saturated rings. The van der Waals surface area contributed by atoms with Crippen LogP contribution in [0.15, 0.2) is 71.2 Å². The number of halogens is 2. The van der Waals surface area contributed by atoms with Gasteiger partial charge in [0.15, 0.2) is 0 Å². The van der Waals surface area contributed by atoms with Crippen molar-refractivity contribution in [3.63, 3.8) is 0 Å². The lowest BCUT2D eigenvalue weighted by atomic mass is 10.0. The van der Waals surface area contributed by atoms with Gasteiger partial charge < -0.3 is 4.74 Å². The SMILES string of the molecule is N#CC(=Cc1ccc(OCc2cccc([N+](=O)[O-])c2)c(Br)c1)c1ccccc1F. The third kappa shape index (κ3) is 5.06. The van der Waals surface area contributed by atoms with Gasteiger partial charge in [-0.15, -0.1) is 0 Å². The maximum atomic E-state index is 13.9. The van der Waals surface area contributed by atoms with Crippen LogP contribution in [0.1, 0.15) is 16.7 Å². The van der Waals surface area contributed by atoms with Crippen molar-refractivity contribution in [3.8, 4) is 11.8 Å². The Morgan fingerprint density at radius 2 is 1.97 bits per heavy atom. The highest BCUT2D eigenvalue weighted by atomic mass is 79.9. The minimum Gasteiger partial charge on any atom is -0.488 e. The molecule has 0 saturated heterocycles. The van der Waals surface area contributed by atoms with Gasteiger partial charge in [-0.2, -0.15) is 5.26 Å². The number of ether oxygens (including phenoxy) is 1. The van der Waals surface area contributed by atoms with Crippen molar-refractivity contribution in [1.82, 2.24) is 0 Å². The van der Waals surface area contributed by atoms with Crippen molar-refractivity contribution in [1.29, 1.82) is 5.26 Å². The van der Waals surface area contributed by atoms with Crippen LogP contribution in [0, 0.1) is 27.3 Å². The number of nitro groups is 1. The van der Waals surface area contributed by atoms with Crippen molar-refractivity contribution < 1.29 is 14.1 Å². The van der Waals surface area contributed by atoms with Gasteiger partial charge in [0.1, 0.15) is 18.2 Å². The van der Waals surface area contributed by atoms with E-state index in [4.69, 9.17) is 4.74 Å². The van der Waals surface area contributed by atoms with Crippen molar-refractivity contribution >= 4 is 33.3 Å². The van der Waals surface area contributed by atoms with Gasteiger partial charge in [0.05, 0.1) is 21.0 Å². The molecule has 0 aliphatic carbocycles. The molecular weight excluding hydrogens is 439 g/mol. The lowest BCUT2D eigenvalue weighted by molar-refractivity contribution is -0.384. The van der Waals surface area contributed by atoms with Gasteiger partial charge in [0.25, 0.3) is 5.69 Å². The van der Waals surface area contributed by atoms with Crippen LogP contribution in [0.4, 0.5) is 10.1 Å². The fourth-order valence-electron chi connectivity index (χ4n) is 2.66. The molecule has 29 heavy (non-hydrogen) atoms. The van der Waals surface area contributed by atoms with Crippen LogP contribution in [0.5, 0.6) is 5.75 Å². The molecule has 3 aromatic carbocycles. The summed E-state index contributed by atoms with van der Waals surface area (Å²) < 4.78 is 20.3. The molecule has 0 aliphatic heterocycles. The van der Waals surface area contributed by atoms with Crippen LogP contribution >= 0.6 is 15.9 Å². The van der Waals surface area contributed by atoms with Gasteiger partial charge in [-0.1, -0.05) is 36.4 Å². The predicted molar refractivity (Wildman–Crippen MR) is 111 cm³/mol. The Labute approximate surface area is 175 Å². The van der Waals surface area contributed by atoms with E-state index in [1.165, 1.54) is 18.2 Å². The summed E-state index contributed by atoms with van der Waals surface area (Å²) >= 11 is 3.42. The van der Waals surface area contributed by atoms with Gasteiger partial charge in [-0.3, -0.25) is 10.1 Å². The molecule has 0 N–H and O–H groups in total. The molecule has 0 radical (unpaired) electrons. The number of nitro benzene ring substituents is 1. The molecule has 0 saturated carbocycles. The highest BCUT2D eigenvalue weighted by Crippen LogP contribution is 2.29. The highest BCUT2D eigenvalue weighted by molar-refractivity contribution is 9.10. The Kier molecular flexibility index (Phi) is 6.37. The number of allylic oxidation sites excluding steroid dienone is 1. The zero-order chi connectivity index (χ0) is 20.8. The number of hydrogen-bond donors (Lipinski definition) is 0. The van der Waals surface area contributed by atoms with E-state index >= 15 is 0 Å². The minimum atomic E-state index is -0.462. The van der Waals surface area contributed by atoms with E-state index in [-0.39, 0.29) is 23.4 Å². The monoisotopic (exact) mass is 452 g/mol. The highest BCUT2D eigenvalue weighted by Gasteiger charge is 2.09. The summed E-state index contributed by atoms with van der Waals surface area (Å²) in [6.07, 6.45) is 1.59. The zero-order valence-electron chi connectivity index (χ0n) is 15.0. The first-order valence-electron chi connectivity index (χ1n) is 8.50. The summed E-state index contributed by atoms with van der Waals surface area (Å²) in [5.74, 6) is 0.0781. The molecule has 3 rings (SSSR count). The van der Waals surface area contributed by atoms with E-state index in [1.807, 2.05) is 6.07 Å². The number of hydrogen-bond acceptors (Lipinski definition) is 4. The third-order valence-corrected chi connectivity index (χ3v) is 4.69. The van der Waals surface area contributed by atoms with Crippen LogP contribution in [-0.4, -0.2) is 4.92 Å². The average Bonchev–Trinajstić information content (AvgIpc) is 2.72.